The number of carbonyl (C=O) groups is 1. The number of carbonyl (C=O) groups excluding carboxylic acids is 1. The normalized spacial score (nSPS) is 21.3. The highest BCUT2D eigenvalue weighted by Gasteiger charge is 2.26. The number of rotatable bonds is 1. The Balaban J connectivity index is 2.47. The summed E-state index contributed by atoms with van der Waals surface area (Å²) in [5.74, 6) is 1.00. The average Bonchev–Trinajstić information content (AvgIpc) is 2.25. The Morgan fingerprint density at radius 3 is 2.67 bits per heavy atom. The number of thioether (sulfide) groups is 1. The van der Waals surface area contributed by atoms with E-state index in [-0.39, 0.29) is 16.9 Å². The molecule has 1 rings (SSSR count). The van der Waals surface area contributed by atoms with Gasteiger partial charge in [0.2, 0.25) is 0 Å². The minimum atomic E-state index is -0.164. The first-order valence-corrected chi connectivity index (χ1v) is 6.49. The maximum atomic E-state index is 11.7. The summed E-state index contributed by atoms with van der Waals surface area (Å²) in [5.41, 5.74) is 0. The van der Waals surface area contributed by atoms with E-state index in [0.29, 0.717) is 0 Å². The summed E-state index contributed by atoms with van der Waals surface area (Å²) in [6, 6.07) is 0. The SMILES string of the molecule is CC(C)OC(=O)N1CCSC(C)(C)CC1. The second kappa shape index (κ2) is 5.10. The molecule has 0 N–H and O–H groups in total. The van der Waals surface area contributed by atoms with E-state index in [9.17, 15) is 4.79 Å². The Labute approximate surface area is 96.5 Å². The summed E-state index contributed by atoms with van der Waals surface area (Å²) < 4.78 is 5.48. The van der Waals surface area contributed by atoms with Gasteiger partial charge in [-0.1, -0.05) is 13.8 Å². The summed E-state index contributed by atoms with van der Waals surface area (Å²) in [6.07, 6.45) is 0.843. The molecule has 0 bridgehead atoms. The lowest BCUT2D eigenvalue weighted by atomic mass is 10.1. The van der Waals surface area contributed by atoms with Crippen LogP contribution in [0.3, 0.4) is 0 Å². The van der Waals surface area contributed by atoms with Crippen LogP contribution in [-0.2, 0) is 4.74 Å². The predicted molar refractivity (Wildman–Crippen MR) is 64.3 cm³/mol. The summed E-state index contributed by atoms with van der Waals surface area (Å²) in [7, 11) is 0. The van der Waals surface area contributed by atoms with Gasteiger partial charge in [0.1, 0.15) is 0 Å². The van der Waals surface area contributed by atoms with Crippen LogP contribution in [0.25, 0.3) is 0 Å². The van der Waals surface area contributed by atoms with Gasteiger partial charge in [0.25, 0.3) is 0 Å². The molecule has 0 radical (unpaired) electrons. The van der Waals surface area contributed by atoms with Crippen LogP contribution >= 0.6 is 11.8 Å². The molecule has 0 saturated carbocycles. The van der Waals surface area contributed by atoms with Crippen molar-refractivity contribution in [1.82, 2.24) is 4.90 Å². The van der Waals surface area contributed by atoms with E-state index in [0.717, 1.165) is 25.3 Å². The van der Waals surface area contributed by atoms with Gasteiger partial charge in [0.05, 0.1) is 6.10 Å². The van der Waals surface area contributed by atoms with E-state index in [1.807, 2.05) is 30.5 Å². The van der Waals surface area contributed by atoms with Crippen molar-refractivity contribution in [3.8, 4) is 0 Å². The molecule has 0 aromatic carbocycles. The molecule has 15 heavy (non-hydrogen) atoms. The fraction of sp³-hybridized carbons (Fsp3) is 0.909. The molecular weight excluding hydrogens is 210 g/mol. The van der Waals surface area contributed by atoms with Gasteiger partial charge in [-0.15, -0.1) is 0 Å². The molecule has 0 aliphatic carbocycles. The van der Waals surface area contributed by atoms with E-state index >= 15 is 0 Å². The fourth-order valence-corrected chi connectivity index (χ4v) is 2.58. The van der Waals surface area contributed by atoms with Gasteiger partial charge in [-0.25, -0.2) is 4.79 Å². The Kier molecular flexibility index (Phi) is 4.32. The number of ether oxygens (including phenoxy) is 1. The van der Waals surface area contributed by atoms with Crippen LogP contribution in [-0.4, -0.2) is 40.7 Å². The molecule has 1 saturated heterocycles. The maximum Gasteiger partial charge on any atom is 0.410 e. The molecule has 1 aliphatic heterocycles. The molecule has 0 atom stereocenters. The Morgan fingerprint density at radius 2 is 2.07 bits per heavy atom. The van der Waals surface area contributed by atoms with E-state index in [1.54, 1.807) is 0 Å². The zero-order valence-corrected chi connectivity index (χ0v) is 10.9. The van der Waals surface area contributed by atoms with Crippen molar-refractivity contribution >= 4 is 17.9 Å². The number of amides is 1. The molecule has 4 heteroatoms. The van der Waals surface area contributed by atoms with E-state index in [1.165, 1.54) is 0 Å². The summed E-state index contributed by atoms with van der Waals surface area (Å²) in [5, 5.41) is 0. The second-order valence-electron chi connectivity index (χ2n) is 4.78. The van der Waals surface area contributed by atoms with Gasteiger partial charge in [-0.2, -0.15) is 11.8 Å². The first-order chi connectivity index (χ1) is 6.91. The van der Waals surface area contributed by atoms with Crippen LogP contribution in [0, 0.1) is 0 Å². The van der Waals surface area contributed by atoms with Gasteiger partial charge in [-0.3, -0.25) is 0 Å². The van der Waals surface area contributed by atoms with Gasteiger partial charge < -0.3 is 9.64 Å². The maximum absolute atomic E-state index is 11.7. The fourth-order valence-electron chi connectivity index (χ4n) is 1.48. The predicted octanol–water partition coefficient (Wildman–Crippen LogP) is 2.75. The molecule has 88 valence electrons. The van der Waals surface area contributed by atoms with Gasteiger partial charge in [0.15, 0.2) is 0 Å². The highest BCUT2D eigenvalue weighted by Crippen LogP contribution is 2.30. The minimum absolute atomic E-state index is 0.0265. The largest absolute Gasteiger partial charge is 0.447 e. The third-order valence-corrected chi connectivity index (χ3v) is 3.80. The number of nitrogens with zero attached hydrogens (tertiary/aromatic N) is 1. The Bertz CT molecular complexity index is 229. The first-order valence-electron chi connectivity index (χ1n) is 5.50. The molecule has 1 fully saturated rings. The average molecular weight is 231 g/mol. The van der Waals surface area contributed by atoms with Crippen LogP contribution in [0.1, 0.15) is 34.1 Å². The van der Waals surface area contributed by atoms with Crippen molar-refractivity contribution in [1.29, 1.82) is 0 Å². The van der Waals surface area contributed by atoms with E-state index in [2.05, 4.69) is 13.8 Å². The second-order valence-corrected chi connectivity index (χ2v) is 6.58. The number of hydrogen-bond donors (Lipinski definition) is 0. The van der Waals surface area contributed by atoms with E-state index < -0.39 is 0 Å². The minimum Gasteiger partial charge on any atom is -0.447 e. The number of hydrogen-bond acceptors (Lipinski definition) is 3. The lowest BCUT2D eigenvalue weighted by Crippen LogP contribution is -2.35. The summed E-state index contributed by atoms with van der Waals surface area (Å²) in [4.78, 5) is 13.5. The van der Waals surface area contributed by atoms with Crippen molar-refractivity contribution in [3.63, 3.8) is 0 Å². The van der Waals surface area contributed by atoms with Gasteiger partial charge >= 0.3 is 6.09 Å². The van der Waals surface area contributed by atoms with E-state index in [4.69, 9.17) is 4.74 Å². The molecule has 1 aliphatic rings. The monoisotopic (exact) mass is 231 g/mol. The molecule has 0 aromatic heterocycles. The van der Waals surface area contributed by atoms with Crippen molar-refractivity contribution in [3.05, 3.63) is 0 Å². The van der Waals surface area contributed by atoms with Crippen LogP contribution in [0.15, 0.2) is 0 Å². The van der Waals surface area contributed by atoms with Crippen molar-refractivity contribution < 1.29 is 9.53 Å². The lowest BCUT2D eigenvalue weighted by Gasteiger charge is -2.23. The third kappa shape index (κ3) is 4.33. The van der Waals surface area contributed by atoms with Crippen LogP contribution in [0.5, 0.6) is 0 Å². The zero-order chi connectivity index (χ0) is 11.5. The Morgan fingerprint density at radius 1 is 1.40 bits per heavy atom. The topological polar surface area (TPSA) is 29.5 Å². The smallest absolute Gasteiger partial charge is 0.410 e. The molecular formula is C11H21NO2S. The van der Waals surface area contributed by atoms with Gasteiger partial charge in [-0.05, 0) is 20.3 Å². The van der Waals surface area contributed by atoms with Crippen molar-refractivity contribution in [2.24, 2.45) is 0 Å². The standard InChI is InChI=1S/C11H21NO2S/c1-9(2)14-10(13)12-6-5-11(3,4)15-8-7-12/h9H,5-8H2,1-4H3. The summed E-state index contributed by atoms with van der Waals surface area (Å²) in [6.45, 7) is 9.85. The molecule has 0 aromatic rings. The highest BCUT2D eigenvalue weighted by molar-refractivity contribution is 8.00. The molecule has 0 spiro atoms. The lowest BCUT2D eigenvalue weighted by molar-refractivity contribution is 0.0784. The summed E-state index contributed by atoms with van der Waals surface area (Å²) >= 11 is 1.93. The van der Waals surface area contributed by atoms with Gasteiger partial charge in [0, 0.05) is 23.6 Å². The molecule has 3 nitrogen and oxygen atoms in total. The molecule has 1 amide bonds. The van der Waals surface area contributed by atoms with Crippen LogP contribution < -0.4 is 0 Å². The third-order valence-electron chi connectivity index (χ3n) is 2.43. The van der Waals surface area contributed by atoms with Crippen molar-refractivity contribution in [2.75, 3.05) is 18.8 Å². The quantitative estimate of drug-likeness (QED) is 0.695. The zero-order valence-electron chi connectivity index (χ0n) is 10.1. The first kappa shape index (κ1) is 12.7. The van der Waals surface area contributed by atoms with Crippen molar-refractivity contribution in [2.45, 2.75) is 45.0 Å². The Hall–Kier alpha value is -0.380. The highest BCUT2D eigenvalue weighted by atomic mass is 32.2. The van der Waals surface area contributed by atoms with Crippen LogP contribution in [0.4, 0.5) is 4.79 Å². The molecule has 0 unspecified atom stereocenters. The van der Waals surface area contributed by atoms with Crippen LogP contribution in [0.2, 0.25) is 0 Å². The molecule has 1 heterocycles.